The number of amides is 2. The van der Waals surface area contributed by atoms with Crippen LogP contribution < -0.4 is 15.7 Å². The molecule has 1 heterocycles. The smallest absolute Gasteiger partial charge is 0.294 e. The predicted molar refractivity (Wildman–Crippen MR) is 87.5 cm³/mol. The summed E-state index contributed by atoms with van der Waals surface area (Å²) in [5.74, 6) is -0.306. The summed E-state index contributed by atoms with van der Waals surface area (Å²) in [5.41, 5.74) is -0.906. The largest absolute Gasteiger partial charge is 0.389 e. The highest BCUT2D eigenvalue weighted by Gasteiger charge is 2.28. The molecule has 0 saturated heterocycles. The third-order valence-corrected chi connectivity index (χ3v) is 4.59. The van der Waals surface area contributed by atoms with Gasteiger partial charge in [0.05, 0.1) is 4.90 Å². The molecule has 0 saturated carbocycles. The van der Waals surface area contributed by atoms with Gasteiger partial charge in [-0.15, -0.1) is 0 Å². The number of aromatic nitrogens is 3. The lowest BCUT2D eigenvalue weighted by molar-refractivity contribution is -0.134. The van der Waals surface area contributed by atoms with Crippen LogP contribution in [-0.2, 0) is 16.4 Å². The number of anilines is 1. The zero-order chi connectivity index (χ0) is 20.2. The maximum atomic E-state index is 12.4. The van der Waals surface area contributed by atoms with Gasteiger partial charge in [0.1, 0.15) is 5.82 Å². The number of halogens is 3. The Labute approximate surface area is 151 Å². The van der Waals surface area contributed by atoms with Gasteiger partial charge < -0.3 is 0 Å². The number of carbonyl (C=O) groups excluding carboxylic acids is 1. The highest BCUT2D eigenvalue weighted by atomic mass is 32.2. The SMILES string of the molecule is Cc1nc(NC(=O)NS(=O)(=O)c2ccccc2CCC(F)(F)F)nc(=O)[nH]1. The van der Waals surface area contributed by atoms with Crippen LogP contribution in [0.4, 0.5) is 23.9 Å². The summed E-state index contributed by atoms with van der Waals surface area (Å²) in [6.07, 6.45) is -6.25. The second kappa shape index (κ2) is 7.73. The van der Waals surface area contributed by atoms with E-state index in [9.17, 15) is 31.2 Å². The van der Waals surface area contributed by atoms with Crippen LogP contribution in [0.25, 0.3) is 0 Å². The van der Waals surface area contributed by atoms with Crippen molar-refractivity contribution in [2.75, 3.05) is 5.32 Å². The topological polar surface area (TPSA) is 134 Å². The lowest BCUT2D eigenvalue weighted by Gasteiger charge is -2.12. The van der Waals surface area contributed by atoms with Gasteiger partial charge in [-0.05, 0) is 25.0 Å². The fraction of sp³-hybridized carbons (Fsp3) is 0.286. The number of hydrogen-bond donors (Lipinski definition) is 3. The Hall–Kier alpha value is -2.96. The molecule has 0 spiro atoms. The van der Waals surface area contributed by atoms with Crippen LogP contribution >= 0.6 is 0 Å². The van der Waals surface area contributed by atoms with E-state index in [1.54, 1.807) is 4.72 Å². The minimum absolute atomic E-state index is 0.0987. The van der Waals surface area contributed by atoms with E-state index >= 15 is 0 Å². The Morgan fingerprint density at radius 1 is 1.22 bits per heavy atom. The summed E-state index contributed by atoms with van der Waals surface area (Å²) >= 11 is 0. The van der Waals surface area contributed by atoms with E-state index in [0.717, 1.165) is 6.07 Å². The number of sulfonamides is 1. The number of benzene rings is 1. The van der Waals surface area contributed by atoms with E-state index in [4.69, 9.17) is 0 Å². The Morgan fingerprint density at radius 2 is 1.89 bits per heavy atom. The molecule has 0 unspecified atom stereocenters. The molecule has 1 aromatic carbocycles. The van der Waals surface area contributed by atoms with E-state index in [0.29, 0.717) is 0 Å². The van der Waals surface area contributed by atoms with E-state index in [1.165, 1.54) is 25.1 Å². The minimum Gasteiger partial charge on any atom is -0.294 e. The van der Waals surface area contributed by atoms with E-state index in [1.807, 2.05) is 5.32 Å². The van der Waals surface area contributed by atoms with Crippen molar-refractivity contribution in [3.05, 3.63) is 46.1 Å². The number of carbonyl (C=O) groups is 1. The van der Waals surface area contributed by atoms with Crippen LogP contribution in [-0.4, -0.2) is 35.6 Å². The highest BCUT2D eigenvalue weighted by Crippen LogP contribution is 2.25. The molecule has 0 aliphatic heterocycles. The molecule has 9 nitrogen and oxygen atoms in total. The number of aromatic amines is 1. The molecule has 2 aromatic rings. The maximum Gasteiger partial charge on any atom is 0.389 e. The quantitative estimate of drug-likeness (QED) is 0.690. The van der Waals surface area contributed by atoms with E-state index < -0.39 is 51.6 Å². The lowest BCUT2D eigenvalue weighted by Crippen LogP contribution is -2.36. The molecular formula is C14H14F3N5O4S. The number of nitrogens with zero attached hydrogens (tertiary/aromatic N) is 2. The zero-order valence-electron chi connectivity index (χ0n) is 13.8. The van der Waals surface area contributed by atoms with Crippen LogP contribution in [0.1, 0.15) is 17.8 Å². The second-order valence-corrected chi connectivity index (χ2v) is 7.00. The van der Waals surface area contributed by atoms with Gasteiger partial charge in [0.15, 0.2) is 0 Å². The predicted octanol–water partition coefficient (Wildman–Crippen LogP) is 1.48. The number of rotatable bonds is 5. The minimum atomic E-state index is -4.47. The van der Waals surface area contributed by atoms with Crippen molar-refractivity contribution in [1.82, 2.24) is 19.7 Å². The van der Waals surface area contributed by atoms with Crippen LogP contribution in [0.15, 0.2) is 34.0 Å². The van der Waals surface area contributed by atoms with Crippen molar-refractivity contribution >= 4 is 22.0 Å². The molecule has 146 valence electrons. The summed E-state index contributed by atoms with van der Waals surface area (Å²) in [6.45, 7) is 1.42. The van der Waals surface area contributed by atoms with Crippen LogP contribution in [0.3, 0.4) is 0 Å². The van der Waals surface area contributed by atoms with Gasteiger partial charge >= 0.3 is 17.9 Å². The van der Waals surface area contributed by atoms with Gasteiger partial charge in [-0.25, -0.2) is 22.7 Å². The molecule has 2 amide bonds. The number of aryl methyl sites for hydroxylation is 2. The van der Waals surface area contributed by atoms with Crippen molar-refractivity contribution in [2.24, 2.45) is 0 Å². The maximum absolute atomic E-state index is 12.4. The molecular weight excluding hydrogens is 391 g/mol. The zero-order valence-corrected chi connectivity index (χ0v) is 14.6. The normalized spacial score (nSPS) is 11.9. The van der Waals surface area contributed by atoms with Crippen LogP contribution in [0.5, 0.6) is 0 Å². The monoisotopic (exact) mass is 405 g/mol. The molecule has 0 aliphatic rings. The summed E-state index contributed by atoms with van der Waals surface area (Å²) < 4.78 is 63.6. The molecule has 0 atom stereocenters. The Bertz CT molecular complexity index is 1000. The number of nitrogens with one attached hydrogen (secondary N) is 3. The average molecular weight is 405 g/mol. The van der Waals surface area contributed by atoms with E-state index in [-0.39, 0.29) is 11.4 Å². The Balaban J connectivity index is 2.18. The summed E-state index contributed by atoms with van der Waals surface area (Å²) in [7, 11) is -4.47. The van der Waals surface area contributed by atoms with Gasteiger partial charge in [-0.1, -0.05) is 18.2 Å². The molecule has 0 radical (unpaired) electrons. The number of hydrogen-bond acceptors (Lipinski definition) is 6. The second-order valence-electron chi connectivity index (χ2n) is 5.35. The van der Waals surface area contributed by atoms with Crippen molar-refractivity contribution in [3.63, 3.8) is 0 Å². The average Bonchev–Trinajstić information content (AvgIpc) is 2.50. The van der Waals surface area contributed by atoms with E-state index in [2.05, 4.69) is 15.0 Å². The molecule has 13 heteroatoms. The van der Waals surface area contributed by atoms with Crippen LogP contribution in [0.2, 0.25) is 0 Å². The summed E-state index contributed by atoms with van der Waals surface area (Å²) in [6, 6.07) is 3.73. The molecule has 27 heavy (non-hydrogen) atoms. The van der Waals surface area contributed by atoms with Gasteiger partial charge in [-0.3, -0.25) is 10.3 Å². The van der Waals surface area contributed by atoms with Crippen molar-refractivity contribution in [2.45, 2.75) is 30.8 Å². The van der Waals surface area contributed by atoms with Crippen molar-refractivity contribution in [3.8, 4) is 0 Å². The Morgan fingerprint density at radius 3 is 2.52 bits per heavy atom. The van der Waals surface area contributed by atoms with Gasteiger partial charge in [0.25, 0.3) is 10.0 Å². The molecule has 3 N–H and O–H groups in total. The lowest BCUT2D eigenvalue weighted by atomic mass is 10.1. The highest BCUT2D eigenvalue weighted by molar-refractivity contribution is 7.90. The fourth-order valence-electron chi connectivity index (χ4n) is 2.10. The number of H-pyrrole nitrogens is 1. The third-order valence-electron chi connectivity index (χ3n) is 3.16. The first kappa shape index (κ1) is 20.4. The molecule has 1 aromatic heterocycles. The van der Waals surface area contributed by atoms with Gasteiger partial charge in [-0.2, -0.15) is 23.1 Å². The summed E-state index contributed by atoms with van der Waals surface area (Å²) in [4.78, 5) is 31.9. The molecule has 0 fully saturated rings. The number of alkyl halides is 3. The first-order chi connectivity index (χ1) is 12.5. The van der Waals surface area contributed by atoms with Crippen LogP contribution in [0, 0.1) is 6.92 Å². The Kier molecular flexibility index (Phi) is 5.83. The third kappa shape index (κ3) is 6.06. The number of urea groups is 1. The molecule has 2 rings (SSSR count). The standard InChI is InChI=1S/C14H14F3N5O4S/c1-8-18-11(20-12(23)19-8)21-13(24)22-27(25,26)10-5-3-2-4-9(10)6-7-14(15,16)17/h2-5H,6-7H2,1H3,(H3,18,19,20,21,22,23,24). The summed E-state index contributed by atoms with van der Waals surface area (Å²) in [5, 5.41) is 1.97. The van der Waals surface area contributed by atoms with Crippen molar-refractivity contribution in [1.29, 1.82) is 0 Å². The van der Waals surface area contributed by atoms with Crippen molar-refractivity contribution < 1.29 is 26.4 Å². The molecule has 0 bridgehead atoms. The molecule has 0 aliphatic carbocycles. The van der Waals surface area contributed by atoms with Gasteiger partial charge in [0.2, 0.25) is 5.95 Å². The first-order valence-electron chi connectivity index (χ1n) is 7.40. The van der Waals surface area contributed by atoms with Gasteiger partial charge in [0, 0.05) is 6.42 Å². The first-order valence-corrected chi connectivity index (χ1v) is 8.88. The fourth-order valence-corrected chi connectivity index (χ4v) is 3.28.